The fraction of sp³-hybridized carbons (Fsp3) is 0.240. The number of carbonyl (C=O) groups excluding carboxylic acids is 1. The van der Waals surface area contributed by atoms with Gasteiger partial charge in [-0.05, 0) is 39.8 Å². The molecule has 0 aromatic heterocycles. The van der Waals surface area contributed by atoms with Gasteiger partial charge in [0, 0.05) is 24.1 Å². The Bertz CT molecular complexity index is 898. The van der Waals surface area contributed by atoms with Crippen LogP contribution in [0.4, 0.5) is 0 Å². The van der Waals surface area contributed by atoms with Gasteiger partial charge >= 0.3 is 0 Å². The van der Waals surface area contributed by atoms with Gasteiger partial charge in [0.15, 0.2) is 5.52 Å². The molecule has 29 heavy (non-hydrogen) atoms. The zero-order valence-electron chi connectivity index (χ0n) is 17.3. The molecular weight excluding hydrogens is 379 g/mol. The molecule has 0 amide bonds. The molecule has 0 heterocycles. The average Bonchev–Trinajstić information content (AvgIpc) is 2.70. The minimum absolute atomic E-state index is 0.0157. The highest BCUT2D eigenvalue weighted by atomic mass is 31.1. The molecule has 3 aromatic rings. The molecule has 3 nitrogen and oxygen atoms in total. The van der Waals surface area contributed by atoms with Gasteiger partial charge in [-0.1, -0.05) is 66.7 Å². The third-order valence-electron chi connectivity index (χ3n) is 4.16. The number of hydrogen-bond donors (Lipinski definition) is 0. The van der Waals surface area contributed by atoms with E-state index in [4.69, 9.17) is 9.47 Å². The first-order chi connectivity index (χ1) is 14.0. The Hall–Kier alpha value is -2.64. The van der Waals surface area contributed by atoms with E-state index in [1.165, 1.54) is 0 Å². The van der Waals surface area contributed by atoms with E-state index < -0.39 is 7.92 Å². The van der Waals surface area contributed by atoms with Crippen molar-refractivity contribution in [3.05, 3.63) is 84.4 Å². The standard InChI is InChI=1S/C25H27O3P/c1-18(2)27-21-14-8-10-16-23(21)29(25(26)20-12-6-5-7-13-20)24-17-11-9-15-22(24)28-19(3)4/h5-19H,1-4H3. The van der Waals surface area contributed by atoms with Crippen molar-refractivity contribution in [1.82, 2.24) is 0 Å². The van der Waals surface area contributed by atoms with Crippen molar-refractivity contribution in [1.29, 1.82) is 0 Å². The first-order valence-corrected chi connectivity index (χ1v) is 11.2. The van der Waals surface area contributed by atoms with E-state index in [9.17, 15) is 4.79 Å². The molecule has 0 aliphatic heterocycles. The zero-order valence-corrected chi connectivity index (χ0v) is 18.2. The van der Waals surface area contributed by atoms with Crippen molar-refractivity contribution in [3.63, 3.8) is 0 Å². The first kappa shape index (κ1) is 21.1. The first-order valence-electron chi connectivity index (χ1n) is 9.88. The summed E-state index contributed by atoms with van der Waals surface area (Å²) in [5.74, 6) is 1.49. The molecule has 3 rings (SSSR count). The summed E-state index contributed by atoms with van der Waals surface area (Å²) in [5.41, 5.74) is 0.775. The molecular formula is C25H27O3P. The Balaban J connectivity index is 2.19. The van der Waals surface area contributed by atoms with Crippen LogP contribution in [0.1, 0.15) is 38.1 Å². The molecule has 0 bridgehead atoms. The van der Waals surface area contributed by atoms with Crippen molar-refractivity contribution in [3.8, 4) is 11.5 Å². The summed E-state index contributed by atoms with van der Waals surface area (Å²) >= 11 is 0. The lowest BCUT2D eigenvalue weighted by Gasteiger charge is -2.24. The van der Waals surface area contributed by atoms with Gasteiger partial charge in [-0.3, -0.25) is 4.79 Å². The highest BCUT2D eigenvalue weighted by molar-refractivity contribution is 7.88. The summed E-state index contributed by atoms with van der Waals surface area (Å²) < 4.78 is 12.2. The zero-order chi connectivity index (χ0) is 20.8. The van der Waals surface area contributed by atoms with Crippen LogP contribution in [0.5, 0.6) is 11.5 Å². The maximum atomic E-state index is 13.7. The normalized spacial score (nSPS) is 11.1. The number of para-hydroxylation sites is 2. The van der Waals surface area contributed by atoms with E-state index in [0.717, 1.165) is 22.1 Å². The lowest BCUT2D eigenvalue weighted by Crippen LogP contribution is -2.24. The SMILES string of the molecule is CC(C)Oc1ccccc1P(C(=O)c1ccccc1)c1ccccc1OC(C)C. The predicted molar refractivity (Wildman–Crippen MR) is 121 cm³/mol. The van der Waals surface area contributed by atoms with Gasteiger partial charge in [0.2, 0.25) is 0 Å². The molecule has 150 valence electrons. The van der Waals surface area contributed by atoms with Crippen LogP contribution in [0.2, 0.25) is 0 Å². The van der Waals surface area contributed by atoms with Crippen LogP contribution < -0.4 is 20.1 Å². The molecule has 0 unspecified atom stereocenters. The van der Waals surface area contributed by atoms with Gasteiger partial charge in [0.05, 0.1) is 12.2 Å². The summed E-state index contributed by atoms with van der Waals surface area (Å²) in [5, 5.41) is 1.81. The molecule has 0 aliphatic carbocycles. The van der Waals surface area contributed by atoms with E-state index in [2.05, 4.69) is 0 Å². The van der Waals surface area contributed by atoms with Crippen LogP contribution in [0.15, 0.2) is 78.9 Å². The van der Waals surface area contributed by atoms with Crippen molar-refractivity contribution in [2.75, 3.05) is 0 Å². The Morgan fingerprint density at radius 1 is 0.655 bits per heavy atom. The molecule has 0 fully saturated rings. The van der Waals surface area contributed by atoms with E-state index in [1.54, 1.807) is 0 Å². The number of carbonyl (C=O) groups is 1. The van der Waals surface area contributed by atoms with Crippen LogP contribution in [0.25, 0.3) is 0 Å². The van der Waals surface area contributed by atoms with Gasteiger partial charge in [0.1, 0.15) is 11.5 Å². The number of hydrogen-bond acceptors (Lipinski definition) is 3. The summed E-state index contributed by atoms with van der Waals surface area (Å²) in [6, 6.07) is 25.1. The second kappa shape index (κ2) is 9.71. The smallest absolute Gasteiger partial charge is 0.193 e. The molecule has 3 aromatic carbocycles. The van der Waals surface area contributed by atoms with Gasteiger partial charge in [0.25, 0.3) is 0 Å². The van der Waals surface area contributed by atoms with Gasteiger partial charge in [-0.15, -0.1) is 0 Å². The van der Waals surface area contributed by atoms with Crippen molar-refractivity contribution < 1.29 is 14.3 Å². The molecule has 4 heteroatoms. The molecule has 0 radical (unpaired) electrons. The minimum Gasteiger partial charge on any atom is -0.490 e. The number of rotatable bonds is 8. The maximum Gasteiger partial charge on any atom is 0.193 e. The average molecular weight is 406 g/mol. The third-order valence-corrected chi connectivity index (χ3v) is 6.53. The van der Waals surface area contributed by atoms with Crippen LogP contribution >= 0.6 is 7.92 Å². The lowest BCUT2D eigenvalue weighted by molar-refractivity contribution is 0.108. The highest BCUT2D eigenvalue weighted by Gasteiger charge is 2.29. The predicted octanol–water partition coefficient (Wildman–Crippen LogP) is 5.53. The number of ether oxygens (including phenoxy) is 2. The van der Waals surface area contributed by atoms with Crippen molar-refractivity contribution in [2.24, 2.45) is 0 Å². The van der Waals surface area contributed by atoms with E-state index in [-0.39, 0.29) is 17.7 Å². The summed E-state index contributed by atoms with van der Waals surface area (Å²) in [6.45, 7) is 7.98. The number of benzene rings is 3. The molecule has 0 N–H and O–H groups in total. The monoisotopic (exact) mass is 406 g/mol. The fourth-order valence-corrected chi connectivity index (χ4v) is 5.32. The highest BCUT2D eigenvalue weighted by Crippen LogP contribution is 2.43. The molecule has 0 atom stereocenters. The van der Waals surface area contributed by atoms with Crippen LogP contribution in [-0.4, -0.2) is 17.7 Å². The van der Waals surface area contributed by atoms with Crippen molar-refractivity contribution in [2.45, 2.75) is 39.9 Å². The third kappa shape index (κ3) is 5.25. The topological polar surface area (TPSA) is 35.5 Å². The fourth-order valence-electron chi connectivity index (χ4n) is 3.05. The Kier molecular flexibility index (Phi) is 7.06. The van der Waals surface area contributed by atoms with Crippen LogP contribution in [0.3, 0.4) is 0 Å². The summed E-state index contributed by atoms with van der Waals surface area (Å²) in [6.07, 6.45) is 0.0315. The molecule has 0 saturated heterocycles. The second-order valence-electron chi connectivity index (χ2n) is 7.28. The van der Waals surface area contributed by atoms with Crippen LogP contribution in [-0.2, 0) is 0 Å². The van der Waals surface area contributed by atoms with Gasteiger partial charge in [-0.25, -0.2) is 0 Å². The summed E-state index contributed by atoms with van der Waals surface area (Å²) in [4.78, 5) is 13.7. The molecule has 0 saturated carbocycles. The van der Waals surface area contributed by atoms with Crippen molar-refractivity contribution >= 4 is 24.1 Å². The molecule has 0 spiro atoms. The molecule has 0 aliphatic rings. The van der Waals surface area contributed by atoms with Gasteiger partial charge in [-0.2, -0.15) is 0 Å². The maximum absolute atomic E-state index is 13.7. The quantitative estimate of drug-likeness (QED) is 0.461. The van der Waals surface area contributed by atoms with Crippen LogP contribution in [0, 0.1) is 0 Å². The Morgan fingerprint density at radius 3 is 1.52 bits per heavy atom. The van der Waals surface area contributed by atoms with E-state index >= 15 is 0 Å². The largest absolute Gasteiger partial charge is 0.490 e. The lowest BCUT2D eigenvalue weighted by atomic mass is 10.2. The van der Waals surface area contributed by atoms with E-state index in [1.807, 2.05) is 107 Å². The second-order valence-corrected chi connectivity index (χ2v) is 9.32. The van der Waals surface area contributed by atoms with E-state index in [0.29, 0.717) is 5.56 Å². The van der Waals surface area contributed by atoms with Gasteiger partial charge < -0.3 is 9.47 Å². The minimum atomic E-state index is -1.38. The summed E-state index contributed by atoms with van der Waals surface area (Å²) in [7, 11) is -1.38. The Morgan fingerprint density at radius 2 is 1.07 bits per heavy atom. The Labute approximate surface area is 174 Å².